The Morgan fingerprint density at radius 1 is 0.591 bits per heavy atom. The Morgan fingerprint density at radius 3 is 1.34 bits per heavy atom. The van der Waals surface area contributed by atoms with Crippen LogP contribution in [-0.2, 0) is 18.7 Å². The fourth-order valence-corrected chi connectivity index (χ4v) is 6.30. The van der Waals surface area contributed by atoms with Gasteiger partial charge in [0.1, 0.15) is 0 Å². The minimum absolute atomic E-state index is 0.0593. The van der Waals surface area contributed by atoms with Gasteiger partial charge in [-0.25, -0.2) is 9.13 Å². The number of rotatable bonds is 36. The molecule has 0 fully saturated rings. The van der Waals surface area contributed by atoms with E-state index < -0.39 is 13.8 Å². The largest absolute Gasteiger partial charge is 0.389 e. The van der Waals surface area contributed by atoms with Gasteiger partial charge >= 0.3 is 7.68 Å². The van der Waals surface area contributed by atoms with Crippen molar-refractivity contribution in [3.8, 4) is 0 Å². The summed E-state index contributed by atoms with van der Waals surface area (Å²) >= 11 is 0. The molecule has 0 saturated carbocycles. The first kappa shape index (κ1) is 43.3. The third kappa shape index (κ3) is 32.7. The van der Waals surface area contributed by atoms with Crippen LogP contribution in [0.3, 0.4) is 0 Å². The Hall–Kier alpha value is -0.710. The Morgan fingerprint density at radius 2 is 0.955 bits per heavy atom. The summed E-state index contributed by atoms with van der Waals surface area (Å²) in [6, 6.07) is 0. The number of hydrogen-bond donors (Lipinski definition) is 1. The van der Waals surface area contributed by atoms with E-state index in [1.54, 1.807) is 0 Å². The highest BCUT2D eigenvalue weighted by atomic mass is 31.1. The average molecular weight is 644 g/mol. The molecule has 7 heteroatoms. The van der Waals surface area contributed by atoms with Gasteiger partial charge in [0.2, 0.25) is 5.91 Å². The van der Waals surface area contributed by atoms with Crippen LogP contribution in [0.5, 0.6) is 0 Å². The zero-order valence-electron chi connectivity index (χ0n) is 29.4. The molecule has 0 rings (SSSR count). The van der Waals surface area contributed by atoms with Crippen LogP contribution in [0.1, 0.15) is 194 Å². The minimum atomic E-state index is -2.55. The second-order valence-electron chi connectivity index (χ2n) is 13.2. The number of aliphatic hydroxyl groups excluding tert-OH is 1. The van der Waals surface area contributed by atoms with E-state index in [2.05, 4.69) is 13.8 Å². The Balaban J connectivity index is 3.82. The molecule has 0 spiro atoms. The molecule has 1 atom stereocenters. The minimum Gasteiger partial charge on any atom is -0.389 e. The van der Waals surface area contributed by atoms with Crippen molar-refractivity contribution in [3.63, 3.8) is 0 Å². The van der Waals surface area contributed by atoms with Crippen molar-refractivity contribution in [2.24, 2.45) is 0 Å². The van der Waals surface area contributed by atoms with Crippen molar-refractivity contribution >= 4 is 13.6 Å². The third-order valence-electron chi connectivity index (χ3n) is 8.78. The molecule has 0 radical (unpaired) electrons. The van der Waals surface area contributed by atoms with Crippen LogP contribution < -0.4 is 0 Å². The van der Waals surface area contributed by atoms with Gasteiger partial charge in [0.05, 0.1) is 18.9 Å². The number of ether oxygens (including phenoxy) is 1. The summed E-state index contributed by atoms with van der Waals surface area (Å²) in [4.78, 5) is 14.3. The molecule has 6 nitrogen and oxygen atoms in total. The number of aliphatic hydroxyl groups is 1. The summed E-state index contributed by atoms with van der Waals surface area (Å²) in [5, 5.41) is 10.5. The molecular formula is C37H74NO5P. The summed E-state index contributed by atoms with van der Waals surface area (Å²) < 4.78 is 28.0. The molecule has 0 aliphatic carbocycles. The number of carbonyl (C=O) groups is 1. The van der Waals surface area contributed by atoms with Crippen molar-refractivity contribution < 1.29 is 23.8 Å². The van der Waals surface area contributed by atoms with E-state index in [-0.39, 0.29) is 31.8 Å². The van der Waals surface area contributed by atoms with Crippen LogP contribution in [0.15, 0.2) is 0 Å². The van der Waals surface area contributed by atoms with Crippen molar-refractivity contribution in [1.29, 1.82) is 0 Å². The van der Waals surface area contributed by atoms with Gasteiger partial charge in [-0.05, 0) is 12.8 Å². The molecule has 0 heterocycles. The second-order valence-corrected chi connectivity index (χ2v) is 14.3. The fraction of sp³-hybridized carbons (Fsp3) is 0.973. The van der Waals surface area contributed by atoms with E-state index in [1.165, 1.54) is 146 Å². The molecular weight excluding hydrogens is 569 g/mol. The molecule has 44 heavy (non-hydrogen) atoms. The maximum atomic E-state index is 12.8. The Kier molecular flexibility index (Phi) is 34.6. The lowest BCUT2D eigenvalue weighted by molar-refractivity contribution is -0.133. The van der Waals surface area contributed by atoms with Gasteiger partial charge in [-0.2, -0.15) is 0 Å². The third-order valence-corrected chi connectivity index (χ3v) is 9.35. The van der Waals surface area contributed by atoms with Crippen LogP contribution in [0, 0.1) is 0 Å². The maximum absolute atomic E-state index is 12.8. The van der Waals surface area contributed by atoms with Gasteiger partial charge in [0.25, 0.3) is 0 Å². The summed E-state index contributed by atoms with van der Waals surface area (Å²) in [5.74, 6) is -0.0593. The van der Waals surface area contributed by atoms with Crippen LogP contribution in [0.25, 0.3) is 0 Å². The summed E-state index contributed by atoms with van der Waals surface area (Å²) in [6.45, 7) is 5.61. The monoisotopic (exact) mass is 644 g/mol. The van der Waals surface area contributed by atoms with Gasteiger partial charge in [0, 0.05) is 26.1 Å². The SMILES string of the molecule is CCCCCCCCCCCCCCCCOCC(O)CN(CCP(=O)=O)C(=O)CCCCCCCCCCCCCCC. The van der Waals surface area contributed by atoms with Gasteiger partial charge in [-0.3, -0.25) is 4.79 Å². The smallest absolute Gasteiger partial charge is 0.317 e. The first-order valence-electron chi connectivity index (χ1n) is 19.2. The molecule has 0 aromatic rings. The number of unbranched alkanes of at least 4 members (excludes halogenated alkanes) is 25. The predicted molar refractivity (Wildman–Crippen MR) is 187 cm³/mol. The topological polar surface area (TPSA) is 83.9 Å². The van der Waals surface area contributed by atoms with E-state index in [9.17, 15) is 19.0 Å². The standard InChI is InChI=1S/C37H74NO5P/c1-3-5-7-9-11-13-15-17-19-21-23-25-27-29-32-43-35-36(39)34-38(31-33-44(41)42)37(40)30-28-26-24-22-20-18-16-14-12-10-8-6-4-2/h36,39H,3-35H2,1-2H3. The molecule has 0 bridgehead atoms. The van der Waals surface area contributed by atoms with Crippen molar-refractivity contribution in [2.75, 3.05) is 32.5 Å². The fourth-order valence-electron chi connectivity index (χ4n) is 5.90. The molecule has 0 aliphatic heterocycles. The predicted octanol–water partition coefficient (Wildman–Crippen LogP) is 11.3. The molecule has 0 aromatic carbocycles. The zero-order valence-corrected chi connectivity index (χ0v) is 30.3. The van der Waals surface area contributed by atoms with E-state index in [0.29, 0.717) is 13.0 Å². The summed E-state index contributed by atoms with van der Waals surface area (Å²) in [5.41, 5.74) is 0. The number of carbonyl (C=O) groups excluding carboxylic acids is 1. The van der Waals surface area contributed by atoms with Crippen molar-refractivity contribution in [2.45, 2.75) is 200 Å². The van der Waals surface area contributed by atoms with Crippen molar-refractivity contribution in [3.05, 3.63) is 0 Å². The van der Waals surface area contributed by atoms with E-state index >= 15 is 0 Å². The van der Waals surface area contributed by atoms with Crippen LogP contribution >= 0.6 is 7.68 Å². The summed E-state index contributed by atoms with van der Waals surface area (Å²) in [6.07, 6.45) is 34.3. The Bertz CT molecular complexity index is 664. The number of amides is 1. The number of nitrogens with zero attached hydrogens (tertiary/aromatic N) is 1. The molecule has 0 aromatic heterocycles. The average Bonchev–Trinajstić information content (AvgIpc) is 3.01. The molecule has 262 valence electrons. The lowest BCUT2D eigenvalue weighted by Gasteiger charge is -2.24. The molecule has 1 amide bonds. The number of hydrogen-bond acceptors (Lipinski definition) is 5. The van der Waals surface area contributed by atoms with E-state index in [4.69, 9.17) is 4.74 Å². The molecule has 0 saturated heterocycles. The highest BCUT2D eigenvalue weighted by Gasteiger charge is 2.18. The highest BCUT2D eigenvalue weighted by molar-refractivity contribution is 7.30. The van der Waals surface area contributed by atoms with Crippen LogP contribution in [-0.4, -0.2) is 54.5 Å². The normalized spacial score (nSPS) is 12.1. The van der Waals surface area contributed by atoms with Crippen LogP contribution in [0.2, 0.25) is 0 Å². The lowest BCUT2D eigenvalue weighted by atomic mass is 10.0. The van der Waals surface area contributed by atoms with Crippen molar-refractivity contribution in [1.82, 2.24) is 4.90 Å². The molecule has 1 N–H and O–H groups in total. The van der Waals surface area contributed by atoms with Gasteiger partial charge in [0.15, 0.2) is 0 Å². The van der Waals surface area contributed by atoms with Crippen LogP contribution in [0.4, 0.5) is 0 Å². The molecule has 0 aliphatic rings. The van der Waals surface area contributed by atoms with Gasteiger partial charge in [-0.15, -0.1) is 0 Å². The second kappa shape index (κ2) is 35.1. The zero-order chi connectivity index (χ0) is 32.4. The summed E-state index contributed by atoms with van der Waals surface area (Å²) in [7, 11) is -2.55. The quantitative estimate of drug-likeness (QED) is 0.0542. The maximum Gasteiger partial charge on any atom is 0.317 e. The first-order chi connectivity index (χ1) is 21.5. The lowest BCUT2D eigenvalue weighted by Crippen LogP contribution is -2.40. The van der Waals surface area contributed by atoms with E-state index in [1.807, 2.05) is 0 Å². The van der Waals surface area contributed by atoms with Gasteiger partial charge in [-0.1, -0.05) is 174 Å². The van der Waals surface area contributed by atoms with Gasteiger partial charge < -0.3 is 14.7 Å². The first-order valence-corrected chi connectivity index (χ1v) is 20.5. The van der Waals surface area contributed by atoms with E-state index in [0.717, 1.165) is 32.1 Å². The molecule has 1 unspecified atom stereocenters. The Labute approximate surface area is 274 Å². The highest BCUT2D eigenvalue weighted by Crippen LogP contribution is 2.15.